The Balaban J connectivity index is 1.44. The molecule has 0 spiro atoms. The van der Waals surface area contributed by atoms with E-state index in [-0.39, 0.29) is 35.6 Å². The average Bonchev–Trinajstić information content (AvgIpc) is 2.86. The molecular weight excluding hydrogens is 450 g/mol. The van der Waals surface area contributed by atoms with E-state index in [4.69, 9.17) is 0 Å². The number of hydrogen-bond donors (Lipinski definition) is 0. The zero-order valence-corrected chi connectivity index (χ0v) is 19.8. The van der Waals surface area contributed by atoms with Crippen molar-refractivity contribution in [3.63, 3.8) is 0 Å². The number of sulfonamides is 1. The summed E-state index contributed by atoms with van der Waals surface area (Å²) in [5, 5.41) is 0. The van der Waals surface area contributed by atoms with Crippen molar-refractivity contribution in [3.8, 4) is 0 Å². The Morgan fingerprint density at radius 2 is 1.56 bits per heavy atom. The van der Waals surface area contributed by atoms with Gasteiger partial charge >= 0.3 is 0 Å². The summed E-state index contributed by atoms with van der Waals surface area (Å²) in [6.45, 7) is 2.55. The Morgan fingerprint density at radius 1 is 0.912 bits per heavy atom. The van der Waals surface area contributed by atoms with Gasteiger partial charge in [0.25, 0.3) is 5.91 Å². The molecule has 0 atom stereocenters. The molecular formula is C26H27N3O4S. The number of ketones is 1. The quantitative estimate of drug-likeness (QED) is 0.510. The first kappa shape index (κ1) is 23.8. The third-order valence-electron chi connectivity index (χ3n) is 6.04. The van der Waals surface area contributed by atoms with Gasteiger partial charge in [-0.05, 0) is 49.6 Å². The van der Waals surface area contributed by atoms with E-state index in [2.05, 4.69) is 4.99 Å². The molecule has 2 heterocycles. The zero-order chi connectivity index (χ0) is 24.1. The van der Waals surface area contributed by atoms with Gasteiger partial charge in [0.2, 0.25) is 10.0 Å². The lowest BCUT2D eigenvalue weighted by atomic mass is 9.97. The SMILES string of the molecule is CC(=O)c1ccc(S(=O)(=O)N2CCC(C(=O)N=c3ccccn3Cc3ccccc3)CC2)cc1. The summed E-state index contributed by atoms with van der Waals surface area (Å²) in [6, 6.07) is 21.5. The Bertz CT molecular complexity index is 1340. The first-order chi connectivity index (χ1) is 16.3. The first-order valence-electron chi connectivity index (χ1n) is 11.2. The van der Waals surface area contributed by atoms with E-state index in [0.29, 0.717) is 30.4 Å². The van der Waals surface area contributed by atoms with Crippen LogP contribution in [0.4, 0.5) is 0 Å². The van der Waals surface area contributed by atoms with Gasteiger partial charge < -0.3 is 4.57 Å². The largest absolute Gasteiger partial charge is 0.328 e. The highest BCUT2D eigenvalue weighted by Crippen LogP contribution is 2.25. The minimum absolute atomic E-state index is 0.115. The van der Waals surface area contributed by atoms with Crippen LogP contribution in [0.2, 0.25) is 0 Å². The third-order valence-corrected chi connectivity index (χ3v) is 7.95. The van der Waals surface area contributed by atoms with Gasteiger partial charge in [0.1, 0.15) is 5.49 Å². The second kappa shape index (κ2) is 10.3. The summed E-state index contributed by atoms with van der Waals surface area (Å²) in [5.74, 6) is -0.664. The van der Waals surface area contributed by atoms with Crippen molar-refractivity contribution < 1.29 is 18.0 Å². The van der Waals surface area contributed by atoms with Gasteiger partial charge in [0.05, 0.1) is 4.90 Å². The van der Waals surface area contributed by atoms with E-state index in [0.717, 1.165) is 5.56 Å². The smallest absolute Gasteiger partial charge is 0.250 e. The van der Waals surface area contributed by atoms with Crippen LogP contribution in [-0.2, 0) is 21.4 Å². The molecule has 2 aromatic carbocycles. The number of carbonyl (C=O) groups is 2. The van der Waals surface area contributed by atoms with Crippen molar-refractivity contribution in [1.82, 2.24) is 8.87 Å². The lowest BCUT2D eigenvalue weighted by Crippen LogP contribution is -2.40. The molecule has 1 saturated heterocycles. The monoisotopic (exact) mass is 477 g/mol. The molecule has 0 unspecified atom stereocenters. The maximum absolute atomic E-state index is 13.0. The van der Waals surface area contributed by atoms with Crippen LogP contribution in [0.3, 0.4) is 0 Å². The molecule has 1 amide bonds. The fourth-order valence-electron chi connectivity index (χ4n) is 4.04. The molecule has 34 heavy (non-hydrogen) atoms. The van der Waals surface area contributed by atoms with Gasteiger partial charge in [0.15, 0.2) is 5.78 Å². The molecule has 1 aromatic heterocycles. The van der Waals surface area contributed by atoms with Gasteiger partial charge in [0, 0.05) is 37.3 Å². The number of rotatable bonds is 6. The lowest BCUT2D eigenvalue weighted by molar-refractivity contribution is -0.122. The molecule has 0 saturated carbocycles. The molecule has 0 aliphatic carbocycles. The number of aromatic nitrogens is 1. The number of hydrogen-bond acceptors (Lipinski definition) is 4. The Labute approximate surface area is 199 Å². The van der Waals surface area contributed by atoms with E-state index < -0.39 is 10.0 Å². The zero-order valence-electron chi connectivity index (χ0n) is 19.0. The number of amides is 1. The fourth-order valence-corrected chi connectivity index (χ4v) is 5.51. The second-order valence-electron chi connectivity index (χ2n) is 8.38. The Hall–Kier alpha value is -3.36. The molecule has 0 radical (unpaired) electrons. The van der Waals surface area contributed by atoms with Gasteiger partial charge in [-0.1, -0.05) is 48.5 Å². The minimum atomic E-state index is -3.68. The molecule has 3 aromatic rings. The van der Waals surface area contributed by atoms with E-state index in [1.165, 1.54) is 35.5 Å². The summed E-state index contributed by atoms with van der Waals surface area (Å²) in [6.07, 6.45) is 2.73. The predicted octanol–water partition coefficient (Wildman–Crippen LogP) is 3.27. The molecule has 1 aliphatic rings. The maximum atomic E-state index is 13.0. The number of pyridine rings is 1. The van der Waals surface area contributed by atoms with E-state index >= 15 is 0 Å². The van der Waals surface area contributed by atoms with Crippen molar-refractivity contribution in [3.05, 3.63) is 95.6 Å². The molecule has 0 N–H and O–H groups in total. The number of Topliss-reactive ketones (excluding diaryl/α,β-unsaturated/α-hetero) is 1. The van der Waals surface area contributed by atoms with Gasteiger partial charge in [-0.2, -0.15) is 9.30 Å². The van der Waals surface area contributed by atoms with Crippen molar-refractivity contribution in [1.29, 1.82) is 0 Å². The summed E-state index contributed by atoms with van der Waals surface area (Å²) in [5.41, 5.74) is 2.16. The number of carbonyl (C=O) groups excluding carboxylic acids is 2. The molecule has 1 aliphatic heterocycles. The second-order valence-corrected chi connectivity index (χ2v) is 10.3. The van der Waals surface area contributed by atoms with Crippen molar-refractivity contribution in [2.75, 3.05) is 13.1 Å². The summed E-state index contributed by atoms with van der Waals surface area (Å²) in [4.78, 5) is 28.9. The van der Waals surface area contributed by atoms with Gasteiger partial charge in [-0.3, -0.25) is 9.59 Å². The van der Waals surface area contributed by atoms with E-state index in [9.17, 15) is 18.0 Å². The van der Waals surface area contributed by atoms with Crippen LogP contribution in [0.1, 0.15) is 35.7 Å². The Morgan fingerprint density at radius 3 is 2.21 bits per heavy atom. The van der Waals surface area contributed by atoms with Crippen LogP contribution in [0.15, 0.2) is 88.9 Å². The van der Waals surface area contributed by atoms with E-state index in [1.807, 2.05) is 59.3 Å². The molecule has 4 rings (SSSR count). The normalized spacial score (nSPS) is 15.9. The topological polar surface area (TPSA) is 88.8 Å². The van der Waals surface area contributed by atoms with Crippen molar-refractivity contribution in [2.45, 2.75) is 31.2 Å². The highest BCUT2D eigenvalue weighted by atomic mass is 32.2. The third kappa shape index (κ3) is 5.40. The highest BCUT2D eigenvalue weighted by molar-refractivity contribution is 7.89. The fraction of sp³-hybridized carbons (Fsp3) is 0.269. The molecule has 176 valence electrons. The number of benzene rings is 2. The summed E-state index contributed by atoms with van der Waals surface area (Å²) < 4.78 is 29.3. The first-order valence-corrected chi connectivity index (χ1v) is 12.7. The van der Waals surface area contributed by atoms with Crippen LogP contribution >= 0.6 is 0 Å². The minimum Gasteiger partial charge on any atom is -0.328 e. The van der Waals surface area contributed by atoms with Crippen LogP contribution in [0.25, 0.3) is 0 Å². The van der Waals surface area contributed by atoms with Crippen LogP contribution in [-0.4, -0.2) is 42.1 Å². The van der Waals surface area contributed by atoms with Gasteiger partial charge in [-0.15, -0.1) is 0 Å². The highest BCUT2D eigenvalue weighted by Gasteiger charge is 2.32. The summed E-state index contributed by atoms with van der Waals surface area (Å²) in [7, 11) is -3.68. The predicted molar refractivity (Wildman–Crippen MR) is 128 cm³/mol. The van der Waals surface area contributed by atoms with Gasteiger partial charge in [-0.25, -0.2) is 8.42 Å². The lowest BCUT2D eigenvalue weighted by Gasteiger charge is -2.29. The molecule has 1 fully saturated rings. The molecule has 7 nitrogen and oxygen atoms in total. The molecule has 0 bridgehead atoms. The Kier molecular flexibility index (Phi) is 7.19. The van der Waals surface area contributed by atoms with Crippen LogP contribution in [0.5, 0.6) is 0 Å². The van der Waals surface area contributed by atoms with E-state index in [1.54, 1.807) is 0 Å². The van der Waals surface area contributed by atoms with Crippen LogP contribution < -0.4 is 5.49 Å². The number of nitrogens with zero attached hydrogens (tertiary/aromatic N) is 3. The van der Waals surface area contributed by atoms with Crippen molar-refractivity contribution in [2.24, 2.45) is 10.9 Å². The van der Waals surface area contributed by atoms with Crippen molar-refractivity contribution >= 4 is 21.7 Å². The summed E-state index contributed by atoms with van der Waals surface area (Å²) >= 11 is 0. The average molecular weight is 478 g/mol. The maximum Gasteiger partial charge on any atom is 0.250 e. The van der Waals surface area contributed by atoms with Crippen LogP contribution in [0, 0.1) is 5.92 Å². The molecule has 8 heteroatoms. The standard InChI is InChI=1S/C26H27N3O4S/c1-20(30)22-10-12-24(13-11-22)34(32,33)29-17-14-23(15-18-29)26(31)27-25-9-5-6-16-28(25)19-21-7-3-2-4-8-21/h2-13,16,23H,14-15,17-19H2,1H3. The number of piperidine rings is 1.